The van der Waals surface area contributed by atoms with Crippen molar-refractivity contribution in [1.29, 1.82) is 0 Å². The molecule has 0 spiro atoms. The van der Waals surface area contributed by atoms with Crippen LogP contribution < -0.4 is 5.73 Å². The molecular weight excluding hydrogens is 254 g/mol. The lowest BCUT2D eigenvalue weighted by Gasteiger charge is -2.10. The van der Waals surface area contributed by atoms with Crippen LogP contribution in [0, 0.1) is 0 Å². The van der Waals surface area contributed by atoms with Gasteiger partial charge in [0, 0.05) is 6.20 Å². The van der Waals surface area contributed by atoms with E-state index in [9.17, 15) is 4.79 Å². The van der Waals surface area contributed by atoms with Gasteiger partial charge < -0.3 is 10.5 Å². The first kappa shape index (κ1) is 14.1. The van der Waals surface area contributed by atoms with Gasteiger partial charge in [-0.25, -0.2) is 9.48 Å². The second kappa shape index (κ2) is 5.77. The number of para-hydroxylation sites is 1. The monoisotopic (exact) mass is 273 g/mol. The molecule has 5 nitrogen and oxygen atoms in total. The molecule has 106 valence electrons. The van der Waals surface area contributed by atoms with Gasteiger partial charge in [-0.2, -0.15) is 5.10 Å². The molecule has 0 aliphatic rings. The summed E-state index contributed by atoms with van der Waals surface area (Å²) >= 11 is 0. The van der Waals surface area contributed by atoms with Gasteiger partial charge in [-0.3, -0.25) is 0 Å². The van der Waals surface area contributed by atoms with Crippen LogP contribution in [0.25, 0.3) is 5.69 Å². The molecule has 0 atom stereocenters. The van der Waals surface area contributed by atoms with Crippen molar-refractivity contribution >= 4 is 11.7 Å². The predicted molar refractivity (Wildman–Crippen MR) is 78.0 cm³/mol. The molecule has 0 saturated heterocycles. The number of benzene rings is 1. The van der Waals surface area contributed by atoms with Crippen LogP contribution in [0.4, 0.5) is 5.69 Å². The normalized spacial score (nSPS) is 10.8. The van der Waals surface area contributed by atoms with E-state index >= 15 is 0 Å². The van der Waals surface area contributed by atoms with E-state index in [0.717, 1.165) is 5.69 Å². The average molecular weight is 273 g/mol. The van der Waals surface area contributed by atoms with Gasteiger partial charge in [-0.15, -0.1) is 0 Å². The second-order valence-electron chi connectivity index (χ2n) is 4.80. The highest BCUT2D eigenvalue weighted by Gasteiger charge is 2.15. The highest BCUT2D eigenvalue weighted by atomic mass is 16.5. The van der Waals surface area contributed by atoms with E-state index in [1.807, 2.05) is 18.3 Å². The summed E-state index contributed by atoms with van der Waals surface area (Å²) in [5.41, 5.74) is 8.48. The van der Waals surface area contributed by atoms with Crippen LogP contribution in [-0.4, -0.2) is 22.4 Å². The Morgan fingerprint density at radius 2 is 2.15 bits per heavy atom. The lowest BCUT2D eigenvalue weighted by molar-refractivity contribution is 0.0527. The van der Waals surface area contributed by atoms with Gasteiger partial charge >= 0.3 is 5.97 Å². The number of aromatic nitrogens is 2. The Morgan fingerprint density at radius 3 is 2.75 bits per heavy atom. The number of nitrogens with zero attached hydrogens (tertiary/aromatic N) is 2. The number of nitrogens with two attached hydrogens (primary N) is 1. The van der Waals surface area contributed by atoms with Gasteiger partial charge in [0.1, 0.15) is 0 Å². The van der Waals surface area contributed by atoms with Crippen LogP contribution >= 0.6 is 0 Å². The zero-order chi connectivity index (χ0) is 14.7. The van der Waals surface area contributed by atoms with E-state index in [-0.39, 0.29) is 0 Å². The summed E-state index contributed by atoms with van der Waals surface area (Å²) in [6, 6.07) is 7.20. The minimum absolute atomic E-state index is 0.321. The van der Waals surface area contributed by atoms with Crippen LogP contribution in [0.1, 0.15) is 42.7 Å². The molecule has 0 saturated carbocycles. The maximum atomic E-state index is 11.8. The lowest BCUT2D eigenvalue weighted by Crippen LogP contribution is -2.11. The van der Waals surface area contributed by atoms with Crippen molar-refractivity contribution in [3.05, 3.63) is 41.7 Å². The van der Waals surface area contributed by atoms with Gasteiger partial charge in [0.15, 0.2) is 0 Å². The van der Waals surface area contributed by atoms with Gasteiger partial charge in [0.2, 0.25) is 0 Å². The summed E-state index contributed by atoms with van der Waals surface area (Å²) in [6.45, 7) is 6.23. The van der Waals surface area contributed by atoms with Gasteiger partial charge in [0.25, 0.3) is 0 Å². The summed E-state index contributed by atoms with van der Waals surface area (Å²) in [6.07, 6.45) is 1.84. The predicted octanol–water partition coefficient (Wildman–Crippen LogP) is 2.75. The Kier molecular flexibility index (Phi) is 4.08. The molecule has 0 fully saturated rings. The van der Waals surface area contributed by atoms with Crippen LogP contribution in [0.5, 0.6) is 0 Å². The first-order chi connectivity index (χ1) is 9.54. The second-order valence-corrected chi connectivity index (χ2v) is 4.80. The standard InChI is InChI=1S/C15H19N3O2/c1-4-20-15(19)11-6-5-7-13(14(11)16)18-9-8-12(17-18)10(2)3/h5-10H,4,16H2,1-3H3. The van der Waals surface area contributed by atoms with Crippen LogP contribution in [0.2, 0.25) is 0 Å². The van der Waals surface area contributed by atoms with Crippen molar-refractivity contribution in [2.45, 2.75) is 26.7 Å². The van der Waals surface area contributed by atoms with E-state index in [4.69, 9.17) is 10.5 Å². The summed E-state index contributed by atoms with van der Waals surface area (Å²) in [4.78, 5) is 11.8. The molecule has 2 rings (SSSR count). The Morgan fingerprint density at radius 1 is 1.40 bits per heavy atom. The topological polar surface area (TPSA) is 70.1 Å². The molecule has 2 N–H and O–H groups in total. The van der Waals surface area contributed by atoms with Gasteiger partial charge in [-0.1, -0.05) is 19.9 Å². The van der Waals surface area contributed by atoms with Crippen LogP contribution in [0.15, 0.2) is 30.5 Å². The number of carbonyl (C=O) groups is 1. The summed E-state index contributed by atoms with van der Waals surface area (Å²) < 4.78 is 6.68. The molecule has 1 aromatic carbocycles. The molecule has 1 heterocycles. The Bertz CT molecular complexity index is 617. The van der Waals surface area contributed by atoms with Crippen LogP contribution in [0.3, 0.4) is 0 Å². The van der Waals surface area contributed by atoms with E-state index in [1.54, 1.807) is 23.7 Å². The Balaban J connectivity index is 2.41. The molecule has 0 amide bonds. The molecule has 20 heavy (non-hydrogen) atoms. The van der Waals surface area contributed by atoms with Gasteiger partial charge in [0.05, 0.1) is 29.2 Å². The fourth-order valence-corrected chi connectivity index (χ4v) is 1.92. The van der Waals surface area contributed by atoms with Crippen LogP contribution in [-0.2, 0) is 4.74 Å². The van der Waals surface area contributed by atoms with E-state index in [2.05, 4.69) is 18.9 Å². The maximum Gasteiger partial charge on any atom is 0.340 e. The van der Waals surface area contributed by atoms with E-state index in [0.29, 0.717) is 29.5 Å². The number of carbonyl (C=O) groups excluding carboxylic acids is 1. The smallest absolute Gasteiger partial charge is 0.340 e. The number of rotatable bonds is 4. The largest absolute Gasteiger partial charge is 0.462 e. The molecule has 1 aromatic heterocycles. The molecule has 0 unspecified atom stereocenters. The van der Waals surface area contributed by atoms with Crippen molar-refractivity contribution in [2.75, 3.05) is 12.3 Å². The summed E-state index contributed by atoms with van der Waals surface area (Å²) in [7, 11) is 0. The fourth-order valence-electron chi connectivity index (χ4n) is 1.92. The molecular formula is C15H19N3O2. The summed E-state index contributed by atoms with van der Waals surface area (Å²) in [5, 5.41) is 4.47. The number of esters is 1. The van der Waals surface area contributed by atoms with Crippen molar-refractivity contribution in [2.24, 2.45) is 0 Å². The first-order valence-electron chi connectivity index (χ1n) is 6.66. The molecule has 0 aliphatic heterocycles. The molecule has 5 heteroatoms. The van der Waals surface area contributed by atoms with Crippen molar-refractivity contribution < 1.29 is 9.53 Å². The summed E-state index contributed by atoms with van der Waals surface area (Å²) in [5.74, 6) is -0.0752. The quantitative estimate of drug-likeness (QED) is 0.687. The third-order valence-corrected chi connectivity index (χ3v) is 3.03. The fraction of sp³-hybridized carbons (Fsp3) is 0.333. The first-order valence-corrected chi connectivity index (χ1v) is 6.66. The van der Waals surface area contributed by atoms with Crippen molar-refractivity contribution in [3.63, 3.8) is 0 Å². The third kappa shape index (κ3) is 2.66. The number of nitrogen functional groups attached to an aromatic ring is 1. The molecule has 2 aromatic rings. The third-order valence-electron chi connectivity index (χ3n) is 3.03. The molecule has 0 radical (unpaired) electrons. The highest BCUT2D eigenvalue weighted by Crippen LogP contribution is 2.23. The zero-order valence-corrected chi connectivity index (χ0v) is 12.0. The van der Waals surface area contributed by atoms with E-state index < -0.39 is 5.97 Å². The number of ether oxygens (including phenoxy) is 1. The average Bonchev–Trinajstić information content (AvgIpc) is 2.88. The highest BCUT2D eigenvalue weighted by molar-refractivity contribution is 5.97. The number of hydrogen-bond donors (Lipinski definition) is 1. The van der Waals surface area contributed by atoms with E-state index in [1.165, 1.54) is 0 Å². The number of anilines is 1. The van der Waals surface area contributed by atoms with Gasteiger partial charge in [-0.05, 0) is 31.0 Å². The molecule has 0 bridgehead atoms. The molecule has 0 aliphatic carbocycles. The minimum Gasteiger partial charge on any atom is -0.462 e. The van der Waals surface area contributed by atoms with Crippen molar-refractivity contribution in [1.82, 2.24) is 9.78 Å². The maximum absolute atomic E-state index is 11.8. The Labute approximate surface area is 118 Å². The lowest BCUT2D eigenvalue weighted by atomic mass is 10.1. The minimum atomic E-state index is -0.414. The SMILES string of the molecule is CCOC(=O)c1cccc(-n2ccc(C(C)C)n2)c1N. The Hall–Kier alpha value is -2.30. The zero-order valence-electron chi connectivity index (χ0n) is 12.0. The van der Waals surface area contributed by atoms with Crippen molar-refractivity contribution in [3.8, 4) is 5.69 Å². The number of hydrogen-bond acceptors (Lipinski definition) is 4.